The maximum atomic E-state index is 13.0. The van der Waals surface area contributed by atoms with E-state index in [1.165, 1.54) is 23.6 Å². The number of piperidine rings is 3. The molecule has 518 valence electrons. The molecule has 3 aliphatic rings. The number of amides is 3. The molecule has 3 heterocycles. The van der Waals surface area contributed by atoms with Crippen molar-refractivity contribution in [3.8, 4) is 29.1 Å². The van der Waals surface area contributed by atoms with E-state index in [0.717, 1.165) is 57.3 Å². The Morgan fingerprint density at radius 1 is 0.505 bits per heavy atom. The van der Waals surface area contributed by atoms with Gasteiger partial charge in [-0.2, -0.15) is 25.0 Å². The van der Waals surface area contributed by atoms with E-state index in [1.807, 2.05) is 125 Å². The normalized spacial score (nSPS) is 14.4. The summed E-state index contributed by atoms with van der Waals surface area (Å²) in [7, 11) is 4.71. The Morgan fingerprint density at radius 2 is 0.808 bits per heavy atom. The van der Waals surface area contributed by atoms with Crippen LogP contribution in [0.25, 0.3) is 14.9 Å². The number of methoxy groups -OCH3 is 3. The van der Waals surface area contributed by atoms with E-state index in [4.69, 9.17) is 49.7 Å². The van der Waals surface area contributed by atoms with Crippen LogP contribution >= 0.6 is 0 Å². The summed E-state index contributed by atoms with van der Waals surface area (Å²) in [4.78, 5) is 51.4. The number of benzene rings is 7. The van der Waals surface area contributed by atoms with Gasteiger partial charge in [-0.25, -0.2) is 0 Å². The minimum absolute atomic E-state index is 0. The smallest absolute Gasteiger partial charge is 0.376 e. The van der Waals surface area contributed by atoms with Crippen LogP contribution in [-0.4, -0.2) is 125 Å². The van der Waals surface area contributed by atoms with Crippen LogP contribution in [0, 0.1) is 31.0 Å². The lowest BCUT2D eigenvalue weighted by atomic mass is 9.72. The second-order valence-electron chi connectivity index (χ2n) is 23.1. The zero-order chi connectivity index (χ0) is 69.7. The summed E-state index contributed by atoms with van der Waals surface area (Å²) in [6.45, 7) is 31.5. The number of rotatable bonds is 16. The van der Waals surface area contributed by atoms with E-state index in [1.54, 1.807) is 71.6 Å². The predicted octanol–water partition coefficient (Wildman–Crippen LogP) is 12.7. The Kier molecular flexibility index (Phi) is 34.0. The lowest BCUT2D eigenvalue weighted by Gasteiger charge is -2.42. The molecule has 0 radical (unpaired) electrons. The van der Waals surface area contributed by atoms with Gasteiger partial charge in [0, 0.05) is 69.0 Å². The zero-order valence-corrected chi connectivity index (χ0v) is 56.7. The van der Waals surface area contributed by atoms with Gasteiger partial charge in [0.2, 0.25) is 0 Å². The van der Waals surface area contributed by atoms with Crippen molar-refractivity contribution >= 4 is 35.4 Å². The lowest BCUT2D eigenvalue weighted by Crippen LogP contribution is -2.51. The van der Waals surface area contributed by atoms with Crippen molar-refractivity contribution in [2.24, 2.45) is 21.0 Å². The quantitative estimate of drug-likeness (QED) is 0.0228. The minimum Gasteiger partial charge on any atom is -0.496 e. The lowest BCUT2D eigenvalue weighted by molar-refractivity contribution is 0.0920. The Hall–Kier alpha value is -11.6. The van der Waals surface area contributed by atoms with Crippen LogP contribution < -0.4 is 52.1 Å². The molecule has 0 bridgehead atoms. The van der Waals surface area contributed by atoms with Crippen LogP contribution in [0.1, 0.15) is 114 Å². The number of ether oxygens (including phenoxy) is 4. The van der Waals surface area contributed by atoms with Crippen LogP contribution in [0.4, 0.5) is 0 Å². The van der Waals surface area contributed by atoms with E-state index in [9.17, 15) is 14.4 Å². The number of carbonyl (C=O) groups is 3. The van der Waals surface area contributed by atoms with Crippen LogP contribution in [0.15, 0.2) is 209 Å². The average Bonchev–Trinajstić information content (AvgIpc) is 0.805. The summed E-state index contributed by atoms with van der Waals surface area (Å²) in [5, 5.41) is 31.0. The highest BCUT2D eigenvalue weighted by Crippen LogP contribution is 2.38. The van der Waals surface area contributed by atoms with Gasteiger partial charge in [-0.15, -0.1) is 14.9 Å². The fourth-order valence-electron chi connectivity index (χ4n) is 11.8. The van der Waals surface area contributed by atoms with Crippen molar-refractivity contribution < 1.29 is 33.3 Å². The van der Waals surface area contributed by atoms with Gasteiger partial charge in [-0.05, 0) is 131 Å². The largest absolute Gasteiger partial charge is 0.496 e. The minimum atomic E-state index is -0.259. The van der Waals surface area contributed by atoms with Crippen LogP contribution in [0.5, 0.6) is 23.0 Å². The monoisotopic (exact) mass is 1340 g/mol. The molecule has 3 aliphatic heterocycles. The molecule has 0 atom stereocenters. The molecule has 22 heteroatoms. The fourth-order valence-corrected chi connectivity index (χ4v) is 11.8. The first-order valence-electron chi connectivity index (χ1n) is 31.8. The van der Waals surface area contributed by atoms with Crippen molar-refractivity contribution in [1.82, 2.24) is 37.2 Å². The summed E-state index contributed by atoms with van der Waals surface area (Å²) < 4.78 is 21.9. The fraction of sp³-hybridized carbons (Fsp3) is 0.325. The molecule has 3 fully saturated rings. The SMILES string of the molecule is C.CC#N.COc1ccccc1C(=O)NCC1(c2ccccc2)CCNCC1.N.[C-]#[N+]/N=C(/N)N1CCC(CNC(=O)c2ccccc2OC)(c2ccccc2)CC1.[C-]#[N+]/N=C(/Oc1ccccc1)N1CCC(CNC(=O)c2ccccc2OC)(c2ccccc2)CC1.[C-]#[N+]N=C(C)C. The van der Waals surface area contributed by atoms with Crippen molar-refractivity contribution in [2.45, 2.75) is 83.0 Å². The Labute approximate surface area is 583 Å². The molecule has 99 heavy (non-hydrogen) atoms. The summed E-state index contributed by atoms with van der Waals surface area (Å²) in [5.74, 6) is 2.19. The third-order valence-corrected chi connectivity index (χ3v) is 17.1. The number of nitrogens with zero attached hydrogens (tertiary/aromatic N) is 9. The van der Waals surface area contributed by atoms with Crippen LogP contribution in [0.2, 0.25) is 0 Å². The first-order valence-corrected chi connectivity index (χ1v) is 31.8. The summed E-state index contributed by atoms with van der Waals surface area (Å²) in [6, 6.07) is 64.1. The summed E-state index contributed by atoms with van der Waals surface area (Å²) >= 11 is 0. The number of hydrogen-bond donors (Lipinski definition) is 6. The number of nitriles is 1. The van der Waals surface area contributed by atoms with Crippen molar-refractivity contribution in [3.05, 3.63) is 262 Å². The molecule has 0 unspecified atom stereocenters. The summed E-state index contributed by atoms with van der Waals surface area (Å²) in [6.07, 6.45) is 5.14. The molecule has 3 saturated heterocycles. The van der Waals surface area contributed by atoms with Gasteiger partial charge in [0.25, 0.3) is 23.7 Å². The molecule has 9 N–H and O–H groups in total. The molecular weight excluding hydrogens is 1250 g/mol. The van der Waals surface area contributed by atoms with Crippen molar-refractivity contribution in [1.29, 1.82) is 5.26 Å². The Morgan fingerprint density at radius 3 is 1.12 bits per heavy atom. The van der Waals surface area contributed by atoms with E-state index >= 15 is 0 Å². The number of nitrogens with two attached hydrogens (primary N) is 1. The second-order valence-corrected chi connectivity index (χ2v) is 23.1. The Bertz CT molecular complexity index is 3880. The van der Waals surface area contributed by atoms with Crippen molar-refractivity contribution in [3.63, 3.8) is 0 Å². The molecule has 0 aliphatic carbocycles. The molecular formula is C77H93N15O7. The van der Waals surface area contributed by atoms with E-state index in [2.05, 4.69) is 100.0 Å². The topological polar surface area (TPSA) is 278 Å². The molecule has 7 aromatic carbocycles. The number of guanidine groups is 1. The number of amidine groups is 1. The zero-order valence-electron chi connectivity index (χ0n) is 56.7. The first-order chi connectivity index (χ1) is 47.2. The highest BCUT2D eigenvalue weighted by Gasteiger charge is 2.40. The third-order valence-electron chi connectivity index (χ3n) is 17.1. The number of nitrogens with one attached hydrogen (secondary N) is 4. The number of hydrogen-bond acceptors (Lipinski definition) is 13. The van der Waals surface area contributed by atoms with E-state index in [-0.39, 0.29) is 53.5 Å². The standard InChI is InChI=1S/C28H28N4O3.C22H25N5O2.C20H24N2O2.C4H6N2.C2H3N.CH4.H3N/c1-29-31-27(35-23-13-7-4-8-14-23)32-19-17-28(18-20-32,22-11-5-3-6-12-22)21-30-26(33)24-15-9-10-16-25(24)34-2;1-24-26-21(23)27-14-12-22(13-15-27,17-8-4-3-5-9-17)16-25-20(28)18-10-6-7-11-19(18)29-2;1-24-18-10-6-5-9-17(18)19(23)22-15-20(11-13-21-14-12-20)16-7-3-2-4-8-16;1-4(2)6-5-3;1-2-3;;/h3-16H,17-21H2,2H3,(H,30,33);3-11H,12-16H2,2H3,(H2,23,26)(H,25,28);2-10,21H,11-15H2,1H3,(H,22,23);1-2H3;1H3;1H4;1H3/b31-27+;;;;;;. The molecule has 3 amide bonds. The molecule has 0 aromatic heterocycles. The number of para-hydroxylation sites is 4. The molecule has 22 nitrogen and oxygen atoms in total. The van der Waals surface area contributed by atoms with Gasteiger partial charge >= 0.3 is 6.02 Å². The number of likely N-dealkylation sites (tertiary alicyclic amines) is 2. The van der Waals surface area contributed by atoms with Crippen molar-refractivity contribution in [2.75, 3.05) is 80.2 Å². The summed E-state index contributed by atoms with van der Waals surface area (Å²) in [5.41, 5.74) is 11.5. The van der Waals surface area contributed by atoms with Crippen LogP contribution in [-0.2, 0) is 16.2 Å². The van der Waals surface area contributed by atoms with Gasteiger partial charge in [0.05, 0.1) is 54.9 Å². The van der Waals surface area contributed by atoms with Gasteiger partial charge < -0.3 is 61.9 Å². The maximum Gasteiger partial charge on any atom is 0.376 e. The predicted molar refractivity (Wildman–Crippen MR) is 392 cm³/mol. The average molecular weight is 1340 g/mol. The molecule has 10 rings (SSSR count). The van der Waals surface area contributed by atoms with Gasteiger partial charge in [0.1, 0.15) is 33.2 Å². The molecule has 0 spiro atoms. The van der Waals surface area contributed by atoms with Crippen LogP contribution in [0.3, 0.4) is 0 Å². The molecule has 7 aromatic rings. The Balaban J connectivity index is 0.000000297. The highest BCUT2D eigenvalue weighted by molar-refractivity contribution is 5.98. The first kappa shape index (κ1) is 79.9. The van der Waals surface area contributed by atoms with Gasteiger partial charge in [-0.1, -0.05) is 153 Å². The van der Waals surface area contributed by atoms with E-state index < -0.39 is 0 Å². The van der Waals surface area contributed by atoms with E-state index in [0.29, 0.717) is 91.5 Å². The third kappa shape index (κ3) is 23.4. The van der Waals surface area contributed by atoms with Gasteiger partial charge in [0.15, 0.2) is 0 Å². The maximum absolute atomic E-state index is 13.0. The van der Waals surface area contributed by atoms with Gasteiger partial charge in [-0.3, -0.25) is 14.4 Å². The number of carbonyl (C=O) groups excluding carboxylic acids is 3. The molecule has 0 saturated carbocycles. The highest BCUT2D eigenvalue weighted by atomic mass is 16.5. The second kappa shape index (κ2) is 42.1.